The van der Waals surface area contributed by atoms with E-state index in [1.807, 2.05) is 43.3 Å². The molecule has 0 fully saturated rings. The molecular formula is C22H25NO3. The predicted octanol–water partition coefficient (Wildman–Crippen LogP) is 5.06. The van der Waals surface area contributed by atoms with Crippen molar-refractivity contribution in [3.63, 3.8) is 0 Å². The summed E-state index contributed by atoms with van der Waals surface area (Å²) in [7, 11) is 0. The Morgan fingerprint density at radius 3 is 2.46 bits per heavy atom. The van der Waals surface area contributed by atoms with Gasteiger partial charge in [-0.1, -0.05) is 36.9 Å². The largest absolute Gasteiger partial charge is 0.487 e. The van der Waals surface area contributed by atoms with Crippen LogP contribution in [0.3, 0.4) is 0 Å². The van der Waals surface area contributed by atoms with E-state index >= 15 is 0 Å². The molecule has 4 heteroatoms. The van der Waals surface area contributed by atoms with Crippen LogP contribution in [0.1, 0.15) is 22.8 Å². The summed E-state index contributed by atoms with van der Waals surface area (Å²) in [5.41, 5.74) is 3.14. The molecule has 0 N–H and O–H groups in total. The number of ether oxygens (including phenoxy) is 2. The molecule has 0 aliphatic rings. The number of rotatable bonds is 9. The number of nitrogens with zero attached hydrogens (tertiary/aromatic N) is 1. The molecule has 4 nitrogen and oxygen atoms in total. The van der Waals surface area contributed by atoms with E-state index in [1.54, 1.807) is 25.1 Å². The molecule has 0 heterocycles. The summed E-state index contributed by atoms with van der Waals surface area (Å²) in [6, 6.07) is 13.5. The number of carbonyl (C=O) groups is 1. The van der Waals surface area contributed by atoms with Gasteiger partial charge in [0.15, 0.2) is 0 Å². The molecule has 0 aliphatic heterocycles. The van der Waals surface area contributed by atoms with Gasteiger partial charge in [0.25, 0.3) is 0 Å². The van der Waals surface area contributed by atoms with E-state index in [-0.39, 0.29) is 5.97 Å². The van der Waals surface area contributed by atoms with Crippen LogP contribution < -0.4 is 9.64 Å². The highest BCUT2D eigenvalue weighted by Crippen LogP contribution is 2.38. The van der Waals surface area contributed by atoms with Gasteiger partial charge >= 0.3 is 5.97 Å². The summed E-state index contributed by atoms with van der Waals surface area (Å²) in [6.45, 7) is 12.6. The van der Waals surface area contributed by atoms with Crippen LogP contribution in [0.4, 0.5) is 11.4 Å². The van der Waals surface area contributed by atoms with Crippen molar-refractivity contribution in [3.05, 3.63) is 78.9 Å². The van der Waals surface area contributed by atoms with Gasteiger partial charge in [0.1, 0.15) is 12.4 Å². The first-order valence-electron chi connectivity index (χ1n) is 8.61. The van der Waals surface area contributed by atoms with Crippen molar-refractivity contribution in [1.29, 1.82) is 0 Å². The second-order valence-electron chi connectivity index (χ2n) is 5.64. The Bertz CT molecular complexity index is 768. The van der Waals surface area contributed by atoms with Crippen LogP contribution in [0.15, 0.2) is 67.8 Å². The Labute approximate surface area is 155 Å². The van der Waals surface area contributed by atoms with Gasteiger partial charge in [-0.3, -0.25) is 0 Å². The summed E-state index contributed by atoms with van der Waals surface area (Å²) < 4.78 is 11.1. The molecule has 0 bridgehead atoms. The zero-order valence-electron chi connectivity index (χ0n) is 15.4. The Morgan fingerprint density at radius 2 is 1.85 bits per heavy atom. The SMILES string of the molecule is C=CCOc1ccc(C(=O)OCC)c(C)c1N(CC=C)c1ccccc1. The van der Waals surface area contributed by atoms with Gasteiger partial charge in [0.05, 0.1) is 17.9 Å². The Hall–Kier alpha value is -3.01. The highest BCUT2D eigenvalue weighted by Gasteiger charge is 2.22. The first-order chi connectivity index (χ1) is 12.6. The van der Waals surface area contributed by atoms with Crippen molar-refractivity contribution in [1.82, 2.24) is 0 Å². The second kappa shape index (κ2) is 9.47. The molecule has 0 unspecified atom stereocenters. The maximum Gasteiger partial charge on any atom is 0.338 e. The van der Waals surface area contributed by atoms with Crippen LogP contribution in [0.25, 0.3) is 0 Å². The van der Waals surface area contributed by atoms with Crippen LogP contribution in [0, 0.1) is 6.92 Å². The van der Waals surface area contributed by atoms with Gasteiger partial charge in [-0.2, -0.15) is 0 Å². The lowest BCUT2D eigenvalue weighted by Crippen LogP contribution is -2.20. The van der Waals surface area contributed by atoms with Crippen LogP contribution in [0.2, 0.25) is 0 Å². The summed E-state index contributed by atoms with van der Waals surface area (Å²) >= 11 is 0. The van der Waals surface area contributed by atoms with Crippen molar-refractivity contribution in [2.45, 2.75) is 13.8 Å². The molecule has 2 rings (SSSR count). The summed E-state index contributed by atoms with van der Waals surface area (Å²) in [5, 5.41) is 0. The molecule has 26 heavy (non-hydrogen) atoms. The van der Waals surface area contributed by atoms with E-state index in [4.69, 9.17) is 9.47 Å². The summed E-state index contributed by atoms with van der Waals surface area (Å²) in [6.07, 6.45) is 3.51. The van der Waals surface area contributed by atoms with E-state index in [9.17, 15) is 4.79 Å². The van der Waals surface area contributed by atoms with E-state index < -0.39 is 0 Å². The highest BCUT2D eigenvalue weighted by molar-refractivity contribution is 5.94. The second-order valence-corrected chi connectivity index (χ2v) is 5.64. The Morgan fingerprint density at radius 1 is 1.12 bits per heavy atom. The topological polar surface area (TPSA) is 38.8 Å². The first kappa shape index (κ1) is 19.3. The minimum atomic E-state index is -0.340. The van der Waals surface area contributed by atoms with Crippen LogP contribution in [0.5, 0.6) is 5.75 Å². The fourth-order valence-corrected chi connectivity index (χ4v) is 2.77. The molecule has 2 aromatic rings. The number of esters is 1. The van der Waals surface area contributed by atoms with E-state index in [1.165, 1.54) is 0 Å². The van der Waals surface area contributed by atoms with Crippen molar-refractivity contribution >= 4 is 17.3 Å². The maximum atomic E-state index is 12.3. The molecule has 0 atom stereocenters. The fourth-order valence-electron chi connectivity index (χ4n) is 2.77. The number of anilines is 2. The summed E-state index contributed by atoms with van der Waals surface area (Å²) in [4.78, 5) is 14.4. The molecular weight excluding hydrogens is 326 g/mol. The Kier molecular flexibility index (Phi) is 7.03. The third kappa shape index (κ3) is 4.33. The van der Waals surface area contributed by atoms with E-state index in [0.29, 0.717) is 31.1 Å². The monoisotopic (exact) mass is 351 g/mol. The lowest BCUT2D eigenvalue weighted by Gasteiger charge is -2.28. The quantitative estimate of drug-likeness (QED) is 0.467. The van der Waals surface area contributed by atoms with Crippen LogP contribution in [-0.4, -0.2) is 25.7 Å². The van der Waals surface area contributed by atoms with Gasteiger partial charge in [0.2, 0.25) is 0 Å². The zero-order chi connectivity index (χ0) is 18.9. The molecule has 0 amide bonds. The minimum absolute atomic E-state index is 0.331. The molecule has 0 saturated carbocycles. The smallest absolute Gasteiger partial charge is 0.338 e. The number of carbonyl (C=O) groups excluding carboxylic acids is 1. The van der Waals surface area contributed by atoms with Gasteiger partial charge < -0.3 is 14.4 Å². The maximum absolute atomic E-state index is 12.3. The fraction of sp³-hybridized carbons (Fsp3) is 0.227. The van der Waals surface area contributed by atoms with Crippen molar-refractivity contribution in [3.8, 4) is 5.75 Å². The van der Waals surface area contributed by atoms with Crippen molar-refractivity contribution < 1.29 is 14.3 Å². The van der Waals surface area contributed by atoms with Crippen molar-refractivity contribution in [2.75, 3.05) is 24.7 Å². The third-order valence-corrected chi connectivity index (χ3v) is 3.90. The number of hydrogen-bond acceptors (Lipinski definition) is 4. The van der Waals surface area contributed by atoms with Gasteiger partial charge in [-0.05, 0) is 43.7 Å². The van der Waals surface area contributed by atoms with Crippen molar-refractivity contribution in [2.24, 2.45) is 0 Å². The average Bonchev–Trinajstić information content (AvgIpc) is 2.66. The first-order valence-corrected chi connectivity index (χ1v) is 8.61. The Balaban J connectivity index is 2.62. The van der Waals surface area contributed by atoms with Gasteiger partial charge in [0, 0.05) is 12.2 Å². The van der Waals surface area contributed by atoms with Gasteiger partial charge in [-0.15, -0.1) is 6.58 Å². The highest BCUT2D eigenvalue weighted by atomic mass is 16.5. The van der Waals surface area contributed by atoms with Gasteiger partial charge in [-0.25, -0.2) is 4.79 Å². The molecule has 0 saturated heterocycles. The molecule has 0 spiro atoms. The van der Waals surface area contributed by atoms with Crippen LogP contribution in [-0.2, 0) is 4.74 Å². The lowest BCUT2D eigenvalue weighted by molar-refractivity contribution is 0.0525. The third-order valence-electron chi connectivity index (χ3n) is 3.90. The zero-order valence-corrected chi connectivity index (χ0v) is 15.4. The van der Waals surface area contributed by atoms with E-state index in [2.05, 4.69) is 18.1 Å². The van der Waals surface area contributed by atoms with Crippen LogP contribution >= 0.6 is 0 Å². The predicted molar refractivity (Wildman–Crippen MR) is 106 cm³/mol. The normalized spacial score (nSPS) is 10.1. The molecule has 136 valence electrons. The molecule has 0 aliphatic carbocycles. The number of para-hydroxylation sites is 1. The lowest BCUT2D eigenvalue weighted by atomic mass is 10.0. The molecule has 0 aromatic heterocycles. The minimum Gasteiger partial charge on any atom is -0.487 e. The van der Waals surface area contributed by atoms with E-state index in [0.717, 1.165) is 16.9 Å². The average molecular weight is 351 g/mol. The number of hydrogen-bond donors (Lipinski definition) is 0. The molecule has 2 aromatic carbocycles. The summed E-state index contributed by atoms with van der Waals surface area (Å²) in [5.74, 6) is 0.342. The standard InChI is InChI=1S/C22H25NO3/c1-5-15-23(18-11-9-8-10-12-18)21-17(4)19(22(24)25-7-3)13-14-20(21)26-16-6-2/h5-6,8-14H,1-2,7,15-16H2,3-4H3. The molecule has 0 radical (unpaired) electrons. The number of benzene rings is 2.